The second-order valence-corrected chi connectivity index (χ2v) is 5.90. The zero-order valence-electron chi connectivity index (χ0n) is 9.50. The van der Waals surface area contributed by atoms with Crippen molar-refractivity contribution < 1.29 is 0 Å². The zero-order valence-corrected chi connectivity index (χ0v) is 11.0. The van der Waals surface area contributed by atoms with Crippen LogP contribution < -0.4 is 5.32 Å². The van der Waals surface area contributed by atoms with Gasteiger partial charge in [0.1, 0.15) is 10.8 Å². The fourth-order valence-electron chi connectivity index (χ4n) is 3.32. The van der Waals surface area contributed by atoms with Gasteiger partial charge in [-0.05, 0) is 48.6 Å². The fraction of sp³-hybridized carbons (Fsp3) is 0.667. The number of rotatable bonds is 3. The Morgan fingerprint density at radius 1 is 1.29 bits per heavy atom. The van der Waals surface area contributed by atoms with Gasteiger partial charge in [0.15, 0.2) is 0 Å². The number of fused-ring (bicyclic) bond motifs is 2. The Bertz CT molecular complexity index is 424. The van der Waals surface area contributed by atoms with Gasteiger partial charge >= 0.3 is 0 Å². The van der Waals surface area contributed by atoms with Crippen LogP contribution in [0.3, 0.4) is 0 Å². The predicted octanol–water partition coefficient (Wildman–Crippen LogP) is 3.63. The lowest BCUT2D eigenvalue weighted by molar-refractivity contribution is 0.348. The van der Waals surface area contributed by atoms with E-state index in [0.717, 1.165) is 24.3 Å². The van der Waals surface area contributed by atoms with Gasteiger partial charge < -0.3 is 5.32 Å². The van der Waals surface area contributed by atoms with Gasteiger partial charge in [0.25, 0.3) is 0 Å². The summed E-state index contributed by atoms with van der Waals surface area (Å²) >= 11 is 11.8. The summed E-state index contributed by atoms with van der Waals surface area (Å²) in [6, 6.07) is 0. The molecule has 0 aliphatic heterocycles. The molecule has 0 saturated heterocycles. The van der Waals surface area contributed by atoms with Crippen molar-refractivity contribution in [2.45, 2.75) is 25.7 Å². The molecule has 2 aliphatic rings. The Kier molecular flexibility index (Phi) is 3.14. The zero-order chi connectivity index (χ0) is 11.8. The highest BCUT2D eigenvalue weighted by molar-refractivity contribution is 6.33. The van der Waals surface area contributed by atoms with Crippen LogP contribution in [0.4, 0.5) is 5.82 Å². The number of aromatic nitrogens is 2. The third-order valence-electron chi connectivity index (χ3n) is 4.13. The first-order valence-electron chi connectivity index (χ1n) is 6.14. The van der Waals surface area contributed by atoms with Gasteiger partial charge in [-0.25, -0.2) is 4.98 Å². The lowest BCUT2D eigenvalue weighted by atomic mass is 9.89. The summed E-state index contributed by atoms with van der Waals surface area (Å²) in [5.74, 6) is 3.31. The molecule has 3 rings (SSSR count). The lowest BCUT2D eigenvalue weighted by Crippen LogP contribution is -2.20. The summed E-state index contributed by atoms with van der Waals surface area (Å²) in [5, 5.41) is 4.09. The Hall–Kier alpha value is -0.540. The van der Waals surface area contributed by atoms with Gasteiger partial charge in [0, 0.05) is 6.54 Å². The third-order valence-corrected chi connectivity index (χ3v) is 4.59. The van der Waals surface area contributed by atoms with E-state index in [2.05, 4.69) is 15.3 Å². The van der Waals surface area contributed by atoms with Crippen LogP contribution in [0.1, 0.15) is 25.7 Å². The quantitative estimate of drug-likeness (QED) is 0.854. The molecule has 3 nitrogen and oxygen atoms in total. The Morgan fingerprint density at radius 2 is 2.18 bits per heavy atom. The van der Waals surface area contributed by atoms with Crippen molar-refractivity contribution in [3.63, 3.8) is 0 Å². The number of anilines is 1. The van der Waals surface area contributed by atoms with Gasteiger partial charge in [0.2, 0.25) is 5.28 Å². The van der Waals surface area contributed by atoms with Crippen LogP contribution in [0.2, 0.25) is 10.3 Å². The van der Waals surface area contributed by atoms with E-state index in [1.807, 2.05) is 0 Å². The first-order chi connectivity index (χ1) is 8.22. The second kappa shape index (κ2) is 4.62. The minimum atomic E-state index is 0.241. The van der Waals surface area contributed by atoms with Crippen LogP contribution in [-0.4, -0.2) is 16.5 Å². The van der Waals surface area contributed by atoms with Crippen molar-refractivity contribution in [2.75, 3.05) is 11.9 Å². The summed E-state index contributed by atoms with van der Waals surface area (Å²) in [4.78, 5) is 7.95. The number of nitrogens with one attached hydrogen (secondary N) is 1. The van der Waals surface area contributed by atoms with Crippen molar-refractivity contribution in [1.29, 1.82) is 0 Å². The summed E-state index contributed by atoms with van der Waals surface area (Å²) in [5.41, 5.74) is 0. The van der Waals surface area contributed by atoms with E-state index >= 15 is 0 Å². The molecule has 2 bridgehead atoms. The molecule has 92 valence electrons. The highest BCUT2D eigenvalue weighted by Crippen LogP contribution is 2.48. The monoisotopic (exact) mass is 271 g/mol. The summed E-state index contributed by atoms with van der Waals surface area (Å²) in [6.45, 7) is 0.953. The molecule has 3 unspecified atom stereocenters. The average Bonchev–Trinajstić information content (AvgIpc) is 2.92. The molecule has 1 heterocycles. The van der Waals surface area contributed by atoms with Crippen LogP contribution in [0.5, 0.6) is 0 Å². The number of halogens is 2. The number of nitrogens with zero attached hydrogens (tertiary/aromatic N) is 2. The molecule has 2 aliphatic carbocycles. The highest BCUT2D eigenvalue weighted by atomic mass is 35.5. The Balaban J connectivity index is 1.62. The molecule has 2 fully saturated rings. The van der Waals surface area contributed by atoms with Gasteiger partial charge in [-0.15, -0.1) is 0 Å². The summed E-state index contributed by atoms with van der Waals surface area (Å²) in [6.07, 6.45) is 7.15. The number of hydrogen-bond acceptors (Lipinski definition) is 3. The average molecular weight is 272 g/mol. The largest absolute Gasteiger partial charge is 0.368 e. The number of hydrogen-bond donors (Lipinski definition) is 1. The molecule has 0 amide bonds. The van der Waals surface area contributed by atoms with Crippen molar-refractivity contribution in [3.8, 4) is 0 Å². The van der Waals surface area contributed by atoms with Crippen molar-refractivity contribution >= 4 is 29.0 Å². The Labute approximate surface area is 111 Å². The first kappa shape index (κ1) is 11.5. The SMILES string of the molecule is Clc1ncc(Cl)c(NCC2CC3CCC2C3)n1. The van der Waals surface area contributed by atoms with Gasteiger partial charge in [-0.1, -0.05) is 18.0 Å². The minimum absolute atomic E-state index is 0.241. The van der Waals surface area contributed by atoms with Crippen molar-refractivity contribution in [3.05, 3.63) is 16.5 Å². The van der Waals surface area contributed by atoms with Crippen LogP contribution in [-0.2, 0) is 0 Å². The van der Waals surface area contributed by atoms with Crippen LogP contribution in [0.15, 0.2) is 6.20 Å². The molecule has 17 heavy (non-hydrogen) atoms. The molecule has 2 saturated carbocycles. The van der Waals surface area contributed by atoms with Gasteiger partial charge in [-0.3, -0.25) is 0 Å². The predicted molar refractivity (Wildman–Crippen MR) is 69.5 cm³/mol. The van der Waals surface area contributed by atoms with Crippen LogP contribution in [0, 0.1) is 17.8 Å². The molecular weight excluding hydrogens is 257 g/mol. The maximum Gasteiger partial charge on any atom is 0.224 e. The molecule has 1 aromatic heterocycles. The van der Waals surface area contributed by atoms with Crippen molar-refractivity contribution in [1.82, 2.24) is 9.97 Å². The fourth-order valence-corrected chi connectivity index (χ4v) is 3.61. The maximum absolute atomic E-state index is 6.01. The van der Waals surface area contributed by atoms with E-state index in [1.54, 1.807) is 6.20 Å². The van der Waals surface area contributed by atoms with Gasteiger partial charge in [0.05, 0.1) is 6.20 Å². The highest BCUT2D eigenvalue weighted by Gasteiger charge is 2.39. The molecule has 3 atom stereocenters. The first-order valence-corrected chi connectivity index (χ1v) is 6.90. The van der Waals surface area contributed by atoms with E-state index in [1.165, 1.54) is 25.7 Å². The summed E-state index contributed by atoms with van der Waals surface area (Å²) < 4.78 is 0. The van der Waals surface area contributed by atoms with Crippen LogP contribution in [0.25, 0.3) is 0 Å². The van der Waals surface area contributed by atoms with E-state index in [-0.39, 0.29) is 5.28 Å². The maximum atomic E-state index is 6.01. The minimum Gasteiger partial charge on any atom is -0.368 e. The topological polar surface area (TPSA) is 37.8 Å². The molecule has 0 spiro atoms. The standard InChI is InChI=1S/C12H15Cl2N3/c13-10-6-16-12(14)17-11(10)15-5-9-4-7-1-2-8(9)3-7/h6-9H,1-5H2,(H,15,16,17). The molecule has 1 N–H and O–H groups in total. The molecule has 0 radical (unpaired) electrons. The van der Waals surface area contributed by atoms with Gasteiger partial charge in [-0.2, -0.15) is 4.98 Å². The summed E-state index contributed by atoms with van der Waals surface area (Å²) in [7, 11) is 0. The normalized spacial score (nSPS) is 30.8. The molecular formula is C12H15Cl2N3. The van der Waals surface area contributed by atoms with E-state index in [4.69, 9.17) is 23.2 Å². The molecule has 0 aromatic carbocycles. The third kappa shape index (κ3) is 2.36. The molecule has 1 aromatic rings. The van der Waals surface area contributed by atoms with Crippen LogP contribution >= 0.6 is 23.2 Å². The smallest absolute Gasteiger partial charge is 0.224 e. The molecule has 5 heteroatoms. The van der Waals surface area contributed by atoms with Crippen molar-refractivity contribution in [2.24, 2.45) is 17.8 Å². The lowest BCUT2D eigenvalue weighted by Gasteiger charge is -2.22. The second-order valence-electron chi connectivity index (χ2n) is 5.15. The Morgan fingerprint density at radius 3 is 2.88 bits per heavy atom. The van der Waals surface area contributed by atoms with E-state index < -0.39 is 0 Å². The van der Waals surface area contributed by atoms with E-state index in [0.29, 0.717) is 10.8 Å². The van der Waals surface area contributed by atoms with E-state index in [9.17, 15) is 0 Å².